The zero-order chi connectivity index (χ0) is 16.2. The van der Waals surface area contributed by atoms with E-state index in [9.17, 15) is 14.0 Å². The van der Waals surface area contributed by atoms with E-state index in [1.807, 2.05) is 0 Å². The van der Waals surface area contributed by atoms with Crippen LogP contribution in [-0.2, 0) is 11.4 Å². The first kappa shape index (κ1) is 14.8. The van der Waals surface area contributed by atoms with E-state index in [1.54, 1.807) is 42.5 Å². The predicted octanol–water partition coefficient (Wildman–Crippen LogP) is 2.58. The van der Waals surface area contributed by atoms with E-state index in [-0.39, 0.29) is 11.5 Å². The number of hydrogen-bond donors (Lipinski definition) is 2. The number of ether oxygens (including phenoxy) is 1. The monoisotopic (exact) mass is 312 g/mol. The molecule has 0 radical (unpaired) electrons. The summed E-state index contributed by atoms with van der Waals surface area (Å²) in [5.74, 6) is -0.153. The summed E-state index contributed by atoms with van der Waals surface area (Å²) in [5.41, 5.74) is 1.75. The fourth-order valence-corrected chi connectivity index (χ4v) is 2.09. The molecule has 1 aliphatic heterocycles. The van der Waals surface area contributed by atoms with Gasteiger partial charge in [-0.15, -0.1) is 0 Å². The minimum absolute atomic E-state index is 0.186. The van der Waals surface area contributed by atoms with Gasteiger partial charge in [0.05, 0.1) is 0 Å². The molecule has 2 aromatic rings. The first-order valence-corrected chi connectivity index (χ1v) is 6.91. The van der Waals surface area contributed by atoms with Crippen LogP contribution in [0.3, 0.4) is 0 Å². The Morgan fingerprint density at radius 3 is 2.52 bits per heavy atom. The zero-order valence-corrected chi connectivity index (χ0v) is 12.0. The Morgan fingerprint density at radius 1 is 1.04 bits per heavy atom. The molecule has 1 fully saturated rings. The second-order valence-corrected chi connectivity index (χ2v) is 4.95. The molecule has 5 nitrogen and oxygen atoms in total. The van der Waals surface area contributed by atoms with Crippen molar-refractivity contribution in [1.82, 2.24) is 10.6 Å². The van der Waals surface area contributed by atoms with Crippen LogP contribution in [0.5, 0.6) is 5.75 Å². The van der Waals surface area contributed by atoms with Crippen molar-refractivity contribution in [1.29, 1.82) is 0 Å². The second kappa shape index (κ2) is 6.31. The molecule has 2 N–H and O–H groups in total. The van der Waals surface area contributed by atoms with Crippen LogP contribution in [0.15, 0.2) is 54.2 Å². The van der Waals surface area contributed by atoms with Crippen molar-refractivity contribution in [3.8, 4) is 5.75 Å². The Morgan fingerprint density at radius 2 is 1.83 bits per heavy atom. The van der Waals surface area contributed by atoms with Gasteiger partial charge in [-0.3, -0.25) is 10.1 Å². The highest BCUT2D eigenvalue weighted by Gasteiger charge is 2.22. The van der Waals surface area contributed by atoms with E-state index in [2.05, 4.69) is 10.6 Å². The van der Waals surface area contributed by atoms with Gasteiger partial charge in [0.1, 0.15) is 23.9 Å². The molecule has 2 aromatic carbocycles. The van der Waals surface area contributed by atoms with Crippen LogP contribution in [0.25, 0.3) is 6.08 Å². The number of amides is 3. The van der Waals surface area contributed by atoms with Crippen LogP contribution < -0.4 is 15.4 Å². The molecule has 0 aromatic heterocycles. The largest absolute Gasteiger partial charge is 0.489 e. The molecule has 23 heavy (non-hydrogen) atoms. The first-order valence-electron chi connectivity index (χ1n) is 6.91. The van der Waals surface area contributed by atoms with Crippen molar-refractivity contribution in [2.75, 3.05) is 0 Å². The summed E-state index contributed by atoms with van der Waals surface area (Å²) in [6.45, 7) is 0.303. The van der Waals surface area contributed by atoms with Gasteiger partial charge >= 0.3 is 6.03 Å². The van der Waals surface area contributed by atoms with Gasteiger partial charge in [-0.05, 0) is 41.5 Å². The highest BCUT2D eigenvalue weighted by atomic mass is 19.1. The van der Waals surface area contributed by atoms with Crippen LogP contribution in [0.2, 0.25) is 0 Å². The Balaban J connectivity index is 1.70. The van der Waals surface area contributed by atoms with E-state index < -0.39 is 11.9 Å². The molecule has 3 amide bonds. The third-order valence-corrected chi connectivity index (χ3v) is 3.21. The highest BCUT2D eigenvalue weighted by molar-refractivity contribution is 6.13. The maximum Gasteiger partial charge on any atom is 0.326 e. The number of benzene rings is 2. The Bertz CT molecular complexity index is 785. The Kier molecular flexibility index (Phi) is 4.05. The summed E-state index contributed by atoms with van der Waals surface area (Å²) in [4.78, 5) is 22.6. The fourth-order valence-electron chi connectivity index (χ4n) is 2.09. The molecule has 0 aliphatic carbocycles. The van der Waals surface area contributed by atoms with Crippen LogP contribution >= 0.6 is 0 Å². The second-order valence-electron chi connectivity index (χ2n) is 4.95. The van der Waals surface area contributed by atoms with Crippen molar-refractivity contribution in [2.24, 2.45) is 0 Å². The molecule has 0 saturated carbocycles. The van der Waals surface area contributed by atoms with Crippen LogP contribution in [0.4, 0.5) is 9.18 Å². The lowest BCUT2D eigenvalue weighted by Crippen LogP contribution is -2.22. The maximum atomic E-state index is 12.8. The third kappa shape index (κ3) is 3.74. The van der Waals surface area contributed by atoms with Crippen LogP contribution in [-0.4, -0.2) is 11.9 Å². The molecule has 0 bridgehead atoms. The van der Waals surface area contributed by atoms with Gasteiger partial charge in [0.15, 0.2) is 0 Å². The lowest BCUT2D eigenvalue weighted by atomic mass is 10.2. The SMILES string of the molecule is O=C1NC(=O)/C(=C\c2cccc(OCc3ccc(F)cc3)c2)N1. The van der Waals surface area contributed by atoms with Gasteiger partial charge in [-0.2, -0.15) is 0 Å². The summed E-state index contributed by atoms with van der Waals surface area (Å²) in [7, 11) is 0. The van der Waals surface area contributed by atoms with Crippen LogP contribution in [0.1, 0.15) is 11.1 Å². The van der Waals surface area contributed by atoms with E-state index in [0.717, 1.165) is 5.56 Å². The lowest BCUT2D eigenvalue weighted by molar-refractivity contribution is -0.115. The van der Waals surface area contributed by atoms with Crippen molar-refractivity contribution in [3.05, 3.63) is 71.2 Å². The molecule has 1 heterocycles. The predicted molar refractivity (Wildman–Crippen MR) is 81.8 cm³/mol. The van der Waals surface area contributed by atoms with Gasteiger partial charge in [-0.1, -0.05) is 24.3 Å². The van der Waals surface area contributed by atoms with E-state index in [0.29, 0.717) is 17.9 Å². The van der Waals surface area contributed by atoms with E-state index in [4.69, 9.17) is 4.74 Å². The van der Waals surface area contributed by atoms with Gasteiger partial charge in [0.25, 0.3) is 5.91 Å². The minimum Gasteiger partial charge on any atom is -0.489 e. The summed E-state index contributed by atoms with van der Waals surface area (Å²) in [6.07, 6.45) is 1.56. The minimum atomic E-state index is -0.537. The van der Waals surface area contributed by atoms with Gasteiger partial charge in [0, 0.05) is 0 Å². The number of halogens is 1. The van der Waals surface area contributed by atoms with Gasteiger partial charge in [-0.25, -0.2) is 9.18 Å². The fraction of sp³-hybridized carbons (Fsp3) is 0.0588. The molecule has 1 saturated heterocycles. The zero-order valence-electron chi connectivity index (χ0n) is 12.0. The Hall–Kier alpha value is -3.15. The highest BCUT2D eigenvalue weighted by Crippen LogP contribution is 2.18. The number of urea groups is 1. The molecule has 1 aliphatic rings. The molecular formula is C17H13FN2O3. The number of imide groups is 1. The number of carbonyl (C=O) groups is 2. The summed E-state index contributed by atoms with van der Waals surface area (Å²) >= 11 is 0. The topological polar surface area (TPSA) is 67.4 Å². The third-order valence-electron chi connectivity index (χ3n) is 3.21. The first-order chi connectivity index (χ1) is 11.1. The molecule has 0 spiro atoms. The van der Waals surface area contributed by atoms with Gasteiger partial charge < -0.3 is 10.1 Å². The average Bonchev–Trinajstić information content (AvgIpc) is 2.85. The number of rotatable bonds is 4. The number of carbonyl (C=O) groups excluding carboxylic acids is 2. The number of nitrogens with one attached hydrogen (secondary N) is 2. The van der Waals surface area contributed by atoms with Crippen molar-refractivity contribution < 1.29 is 18.7 Å². The van der Waals surface area contributed by atoms with Gasteiger partial charge in [0.2, 0.25) is 0 Å². The Labute approximate surface area is 131 Å². The average molecular weight is 312 g/mol. The normalized spacial score (nSPS) is 15.4. The van der Waals surface area contributed by atoms with E-state index >= 15 is 0 Å². The summed E-state index contributed by atoms with van der Waals surface area (Å²) in [5, 5.41) is 4.55. The van der Waals surface area contributed by atoms with E-state index in [1.165, 1.54) is 12.1 Å². The quantitative estimate of drug-likeness (QED) is 0.673. The lowest BCUT2D eigenvalue weighted by Gasteiger charge is -2.07. The van der Waals surface area contributed by atoms with Crippen molar-refractivity contribution >= 4 is 18.0 Å². The number of hydrogen-bond acceptors (Lipinski definition) is 3. The smallest absolute Gasteiger partial charge is 0.326 e. The summed E-state index contributed by atoms with van der Waals surface area (Å²) < 4.78 is 18.5. The molecular weight excluding hydrogens is 299 g/mol. The molecule has 116 valence electrons. The van der Waals surface area contributed by atoms with Crippen molar-refractivity contribution in [3.63, 3.8) is 0 Å². The molecule has 3 rings (SSSR count). The maximum absolute atomic E-state index is 12.8. The molecule has 6 heteroatoms. The summed E-state index contributed by atoms with van der Waals surface area (Å²) in [6, 6.07) is 12.6. The molecule has 0 atom stereocenters. The van der Waals surface area contributed by atoms with Crippen molar-refractivity contribution in [2.45, 2.75) is 6.61 Å². The van der Waals surface area contributed by atoms with Crippen LogP contribution in [0, 0.1) is 5.82 Å². The standard InChI is InChI=1S/C17H13FN2O3/c18-13-6-4-11(5-7-13)10-23-14-3-1-2-12(8-14)9-15-16(21)20-17(22)19-15/h1-9H,10H2,(H2,19,20,21,22)/b15-9+. The molecule has 0 unspecified atom stereocenters.